The van der Waals surface area contributed by atoms with Crippen molar-refractivity contribution in [2.75, 3.05) is 13.1 Å². The van der Waals surface area contributed by atoms with Gasteiger partial charge in [-0.25, -0.2) is 0 Å². The molecule has 1 heterocycles. The predicted molar refractivity (Wildman–Crippen MR) is 98.4 cm³/mol. The predicted octanol–water partition coefficient (Wildman–Crippen LogP) is 2.81. The number of guanidine groups is 1. The van der Waals surface area contributed by atoms with Crippen LogP contribution in [-0.2, 0) is 13.0 Å². The molecule has 2 N–H and O–H groups in total. The number of rotatable bonds is 7. The third-order valence-electron chi connectivity index (χ3n) is 3.67. The number of benzene rings is 1. The quantitative estimate of drug-likeness (QED) is 0.596. The van der Waals surface area contributed by atoms with Gasteiger partial charge in [0.25, 0.3) is 0 Å². The molecule has 0 aliphatic heterocycles. The van der Waals surface area contributed by atoms with Crippen LogP contribution in [0.4, 0.5) is 0 Å². The Kier molecular flexibility index (Phi) is 7.06. The highest BCUT2D eigenvalue weighted by atomic mass is 35.5. The van der Waals surface area contributed by atoms with Crippen molar-refractivity contribution in [3.63, 3.8) is 0 Å². The van der Waals surface area contributed by atoms with Gasteiger partial charge in [-0.3, -0.25) is 4.99 Å². The van der Waals surface area contributed by atoms with Gasteiger partial charge >= 0.3 is 0 Å². The fourth-order valence-electron chi connectivity index (χ4n) is 2.39. The number of nitrogens with zero attached hydrogens (tertiary/aromatic N) is 4. The van der Waals surface area contributed by atoms with Crippen molar-refractivity contribution < 1.29 is 0 Å². The van der Waals surface area contributed by atoms with Crippen molar-refractivity contribution in [3.8, 4) is 0 Å². The molecule has 0 spiro atoms. The Bertz CT molecular complexity index is 667. The largest absolute Gasteiger partial charge is 0.357 e. The average Bonchev–Trinajstić information content (AvgIpc) is 3.02. The van der Waals surface area contributed by atoms with E-state index in [-0.39, 0.29) is 6.04 Å². The van der Waals surface area contributed by atoms with Gasteiger partial charge in [-0.1, -0.05) is 30.7 Å². The average molecular weight is 349 g/mol. The summed E-state index contributed by atoms with van der Waals surface area (Å²) in [6, 6.07) is 7.97. The maximum atomic E-state index is 6.07. The minimum absolute atomic E-state index is 0.114. The maximum absolute atomic E-state index is 6.07. The summed E-state index contributed by atoms with van der Waals surface area (Å²) in [6.45, 7) is 8.44. The molecule has 0 aliphatic carbocycles. The normalized spacial score (nSPS) is 12.9. The number of aryl methyl sites for hydroxylation is 1. The summed E-state index contributed by atoms with van der Waals surface area (Å²) in [5, 5.41) is 15.5. The van der Waals surface area contributed by atoms with Gasteiger partial charge in [0.2, 0.25) is 0 Å². The molecule has 2 aromatic rings. The van der Waals surface area contributed by atoms with Crippen LogP contribution in [0, 0.1) is 0 Å². The maximum Gasteiger partial charge on any atom is 0.191 e. The van der Waals surface area contributed by atoms with Crippen molar-refractivity contribution in [1.82, 2.24) is 25.4 Å². The van der Waals surface area contributed by atoms with E-state index in [1.807, 2.05) is 22.8 Å². The molecule has 7 heteroatoms. The zero-order valence-corrected chi connectivity index (χ0v) is 15.2. The lowest BCUT2D eigenvalue weighted by atomic mass is 10.1. The van der Waals surface area contributed by atoms with Crippen LogP contribution in [0.25, 0.3) is 0 Å². The van der Waals surface area contributed by atoms with Gasteiger partial charge in [0.1, 0.15) is 12.2 Å². The van der Waals surface area contributed by atoms with Crippen molar-refractivity contribution in [2.45, 2.75) is 39.8 Å². The summed E-state index contributed by atoms with van der Waals surface area (Å²) in [7, 11) is 0. The Morgan fingerprint density at radius 2 is 2.21 bits per heavy atom. The number of nitrogens with one attached hydrogen (secondary N) is 2. The number of hydrogen-bond donors (Lipinski definition) is 2. The molecule has 0 saturated carbocycles. The van der Waals surface area contributed by atoms with Gasteiger partial charge in [-0.2, -0.15) is 0 Å². The van der Waals surface area contributed by atoms with E-state index in [1.165, 1.54) is 0 Å². The third kappa shape index (κ3) is 5.23. The standard InChI is InChI=1S/C17H25ClN6/c1-4-16-23-21-12-24(16)10-9-20-17(19-5-2)22-13(3)14-7-6-8-15(18)11-14/h6-8,11-13H,4-5,9-10H2,1-3H3,(H2,19,20,22). The van der Waals surface area contributed by atoms with E-state index in [0.717, 1.165) is 41.9 Å². The molecule has 0 aliphatic rings. The minimum Gasteiger partial charge on any atom is -0.357 e. The smallest absolute Gasteiger partial charge is 0.191 e. The SMILES string of the molecule is CCNC(=NCCn1cnnc1CC)NC(C)c1cccc(Cl)c1. The molecule has 130 valence electrons. The summed E-state index contributed by atoms with van der Waals surface area (Å²) in [4.78, 5) is 4.64. The summed E-state index contributed by atoms with van der Waals surface area (Å²) in [5.74, 6) is 1.77. The Morgan fingerprint density at radius 1 is 1.38 bits per heavy atom. The zero-order chi connectivity index (χ0) is 17.4. The van der Waals surface area contributed by atoms with Gasteiger partial charge in [0, 0.05) is 24.5 Å². The first kappa shape index (κ1) is 18.3. The van der Waals surface area contributed by atoms with E-state index in [4.69, 9.17) is 11.6 Å². The van der Waals surface area contributed by atoms with Crippen LogP contribution < -0.4 is 10.6 Å². The molecular formula is C17H25ClN6. The summed E-state index contributed by atoms with van der Waals surface area (Å²) < 4.78 is 2.04. The fraction of sp³-hybridized carbons (Fsp3) is 0.471. The van der Waals surface area contributed by atoms with Gasteiger partial charge in [-0.15, -0.1) is 10.2 Å². The van der Waals surface area contributed by atoms with Crippen LogP contribution in [0.2, 0.25) is 5.02 Å². The lowest BCUT2D eigenvalue weighted by Gasteiger charge is -2.18. The van der Waals surface area contributed by atoms with Gasteiger partial charge < -0.3 is 15.2 Å². The van der Waals surface area contributed by atoms with Crippen molar-refractivity contribution >= 4 is 17.6 Å². The van der Waals surface area contributed by atoms with Crippen molar-refractivity contribution in [2.24, 2.45) is 4.99 Å². The van der Waals surface area contributed by atoms with E-state index in [9.17, 15) is 0 Å². The highest BCUT2D eigenvalue weighted by Gasteiger charge is 2.08. The number of hydrogen-bond acceptors (Lipinski definition) is 3. The second kappa shape index (κ2) is 9.27. The molecule has 0 radical (unpaired) electrons. The molecule has 2 rings (SSSR count). The molecule has 6 nitrogen and oxygen atoms in total. The van der Waals surface area contributed by atoms with Gasteiger partial charge in [-0.05, 0) is 31.5 Å². The van der Waals surface area contributed by atoms with Gasteiger partial charge in [0.15, 0.2) is 5.96 Å². The topological polar surface area (TPSA) is 67.1 Å². The van der Waals surface area contributed by atoms with Crippen LogP contribution in [-0.4, -0.2) is 33.8 Å². The van der Waals surface area contributed by atoms with E-state index >= 15 is 0 Å². The first-order valence-corrected chi connectivity index (χ1v) is 8.68. The number of halogens is 1. The molecule has 0 amide bonds. The fourth-order valence-corrected chi connectivity index (χ4v) is 2.59. The third-order valence-corrected chi connectivity index (χ3v) is 3.90. The van der Waals surface area contributed by atoms with Crippen LogP contribution in [0.3, 0.4) is 0 Å². The molecule has 0 bridgehead atoms. The molecule has 24 heavy (non-hydrogen) atoms. The molecule has 1 aromatic heterocycles. The lowest BCUT2D eigenvalue weighted by Crippen LogP contribution is -2.39. The van der Waals surface area contributed by atoms with Crippen LogP contribution in [0.1, 0.15) is 38.2 Å². The highest BCUT2D eigenvalue weighted by Crippen LogP contribution is 2.17. The zero-order valence-electron chi connectivity index (χ0n) is 14.5. The monoisotopic (exact) mass is 348 g/mol. The molecular weight excluding hydrogens is 324 g/mol. The lowest BCUT2D eigenvalue weighted by molar-refractivity contribution is 0.649. The minimum atomic E-state index is 0.114. The van der Waals surface area contributed by atoms with Crippen LogP contribution >= 0.6 is 11.6 Å². The van der Waals surface area contributed by atoms with E-state index in [2.05, 4.69) is 52.7 Å². The van der Waals surface area contributed by atoms with Gasteiger partial charge in [0.05, 0.1) is 12.6 Å². The molecule has 1 atom stereocenters. The Morgan fingerprint density at radius 3 is 2.92 bits per heavy atom. The first-order valence-electron chi connectivity index (χ1n) is 8.31. The van der Waals surface area contributed by atoms with Crippen molar-refractivity contribution in [3.05, 3.63) is 47.0 Å². The Labute approximate surface area is 148 Å². The summed E-state index contributed by atoms with van der Waals surface area (Å²) in [6.07, 6.45) is 2.62. The highest BCUT2D eigenvalue weighted by molar-refractivity contribution is 6.30. The molecule has 0 fully saturated rings. The molecule has 0 saturated heterocycles. The van der Waals surface area contributed by atoms with Crippen LogP contribution in [0.15, 0.2) is 35.6 Å². The van der Waals surface area contributed by atoms with Crippen LogP contribution in [0.5, 0.6) is 0 Å². The number of aliphatic imine (C=N–C) groups is 1. The van der Waals surface area contributed by atoms with Crippen molar-refractivity contribution in [1.29, 1.82) is 0 Å². The molecule has 1 aromatic carbocycles. The first-order chi connectivity index (χ1) is 11.6. The van der Waals surface area contributed by atoms with E-state index < -0.39 is 0 Å². The Balaban J connectivity index is 1.97. The van der Waals surface area contributed by atoms with E-state index in [0.29, 0.717) is 6.54 Å². The number of aromatic nitrogens is 3. The summed E-state index contributed by atoms with van der Waals surface area (Å²) >= 11 is 6.07. The Hall–Kier alpha value is -2.08. The van der Waals surface area contributed by atoms with E-state index in [1.54, 1.807) is 6.33 Å². The molecule has 1 unspecified atom stereocenters. The second-order valence-electron chi connectivity index (χ2n) is 5.48. The summed E-state index contributed by atoms with van der Waals surface area (Å²) in [5.41, 5.74) is 1.13. The second-order valence-corrected chi connectivity index (χ2v) is 5.91.